The predicted octanol–water partition coefficient (Wildman–Crippen LogP) is 3.73. The lowest BCUT2D eigenvalue weighted by molar-refractivity contribution is 0.366. The number of rotatable bonds is 3. The quantitative estimate of drug-likeness (QED) is 0.722. The molecule has 1 rings (SSSR count). The number of hydrogen-bond donors (Lipinski definition) is 0. The highest BCUT2D eigenvalue weighted by atomic mass is 79.9. The number of alkyl halides is 1. The van der Waals surface area contributed by atoms with Gasteiger partial charge in [0.1, 0.15) is 5.76 Å². The summed E-state index contributed by atoms with van der Waals surface area (Å²) in [6.07, 6.45) is 2.82. The van der Waals surface area contributed by atoms with Gasteiger partial charge in [0.05, 0.1) is 6.26 Å². The molecule has 0 N–H and O–H groups in total. The average Bonchev–Trinajstić information content (AvgIpc) is 2.32. The van der Waals surface area contributed by atoms with Gasteiger partial charge in [-0.1, -0.05) is 36.7 Å². The SMILES string of the molecule is CC(Br)CC(C)(C)c1ccco1. The van der Waals surface area contributed by atoms with Crippen molar-refractivity contribution in [3.8, 4) is 0 Å². The van der Waals surface area contributed by atoms with Gasteiger partial charge in [0, 0.05) is 10.2 Å². The van der Waals surface area contributed by atoms with Crippen molar-refractivity contribution >= 4 is 15.9 Å². The zero-order valence-corrected chi connectivity index (χ0v) is 9.39. The molecule has 0 aliphatic rings. The van der Waals surface area contributed by atoms with Gasteiger partial charge in [-0.3, -0.25) is 0 Å². The van der Waals surface area contributed by atoms with Gasteiger partial charge in [0.15, 0.2) is 0 Å². The van der Waals surface area contributed by atoms with Crippen LogP contribution in [-0.2, 0) is 5.41 Å². The first kappa shape index (κ1) is 9.85. The van der Waals surface area contributed by atoms with Crippen LogP contribution in [0.25, 0.3) is 0 Å². The van der Waals surface area contributed by atoms with Crippen LogP contribution >= 0.6 is 15.9 Å². The third kappa shape index (κ3) is 2.37. The van der Waals surface area contributed by atoms with E-state index in [1.54, 1.807) is 6.26 Å². The summed E-state index contributed by atoms with van der Waals surface area (Å²) >= 11 is 3.55. The lowest BCUT2D eigenvalue weighted by Gasteiger charge is -2.23. The summed E-state index contributed by atoms with van der Waals surface area (Å²) < 4.78 is 5.38. The Morgan fingerprint density at radius 1 is 1.58 bits per heavy atom. The van der Waals surface area contributed by atoms with Crippen LogP contribution in [0.2, 0.25) is 0 Å². The molecule has 0 radical (unpaired) electrons. The van der Waals surface area contributed by atoms with Crippen molar-refractivity contribution in [1.29, 1.82) is 0 Å². The van der Waals surface area contributed by atoms with Crippen molar-refractivity contribution in [1.82, 2.24) is 0 Å². The highest BCUT2D eigenvalue weighted by molar-refractivity contribution is 9.09. The number of halogens is 1. The summed E-state index contributed by atoms with van der Waals surface area (Å²) in [5.41, 5.74) is 0.131. The molecular weight excluding hydrogens is 216 g/mol. The molecule has 0 bridgehead atoms. The molecule has 1 atom stereocenters. The number of furan rings is 1. The van der Waals surface area contributed by atoms with Crippen molar-refractivity contribution in [2.45, 2.75) is 37.4 Å². The highest BCUT2D eigenvalue weighted by Gasteiger charge is 2.24. The second-order valence-corrected chi connectivity index (χ2v) is 5.41. The molecule has 1 aromatic heterocycles. The Morgan fingerprint density at radius 3 is 2.67 bits per heavy atom. The van der Waals surface area contributed by atoms with Gasteiger partial charge < -0.3 is 4.42 Å². The van der Waals surface area contributed by atoms with Crippen LogP contribution in [0.5, 0.6) is 0 Å². The Morgan fingerprint density at radius 2 is 2.25 bits per heavy atom. The minimum atomic E-state index is 0.131. The monoisotopic (exact) mass is 230 g/mol. The van der Waals surface area contributed by atoms with Crippen molar-refractivity contribution in [2.24, 2.45) is 0 Å². The van der Waals surface area contributed by atoms with E-state index in [1.165, 1.54) is 0 Å². The molecule has 1 aromatic rings. The van der Waals surface area contributed by atoms with Crippen LogP contribution in [0.3, 0.4) is 0 Å². The summed E-state index contributed by atoms with van der Waals surface area (Å²) in [5, 5.41) is 0. The Labute approximate surface area is 82.3 Å². The molecular formula is C10H15BrO. The van der Waals surface area contributed by atoms with Gasteiger partial charge in [-0.15, -0.1) is 0 Å². The van der Waals surface area contributed by atoms with E-state index in [0.717, 1.165) is 12.2 Å². The topological polar surface area (TPSA) is 13.1 Å². The fourth-order valence-electron chi connectivity index (χ4n) is 1.47. The van der Waals surface area contributed by atoms with E-state index < -0.39 is 0 Å². The molecule has 0 saturated heterocycles. The van der Waals surface area contributed by atoms with Crippen LogP contribution < -0.4 is 0 Å². The molecule has 1 nitrogen and oxygen atoms in total. The second-order valence-electron chi connectivity index (χ2n) is 3.85. The maximum atomic E-state index is 5.38. The van der Waals surface area contributed by atoms with Gasteiger partial charge in [-0.05, 0) is 18.6 Å². The lowest BCUT2D eigenvalue weighted by Crippen LogP contribution is -2.19. The largest absolute Gasteiger partial charge is 0.469 e. The van der Waals surface area contributed by atoms with Crippen molar-refractivity contribution < 1.29 is 4.42 Å². The van der Waals surface area contributed by atoms with Gasteiger partial charge in [-0.2, -0.15) is 0 Å². The van der Waals surface area contributed by atoms with Crippen LogP contribution in [0, 0.1) is 0 Å². The van der Waals surface area contributed by atoms with E-state index in [9.17, 15) is 0 Å². The Kier molecular flexibility index (Phi) is 2.99. The summed E-state index contributed by atoms with van der Waals surface area (Å²) in [6.45, 7) is 6.55. The Balaban J connectivity index is 2.72. The summed E-state index contributed by atoms with van der Waals surface area (Å²) in [7, 11) is 0. The van der Waals surface area contributed by atoms with E-state index >= 15 is 0 Å². The molecule has 0 aromatic carbocycles. The van der Waals surface area contributed by atoms with E-state index in [2.05, 4.69) is 36.7 Å². The summed E-state index contributed by atoms with van der Waals surface area (Å²) in [4.78, 5) is 0.526. The molecule has 68 valence electrons. The Hall–Kier alpha value is -0.240. The highest BCUT2D eigenvalue weighted by Crippen LogP contribution is 2.30. The smallest absolute Gasteiger partial charge is 0.109 e. The molecule has 0 spiro atoms. The van der Waals surface area contributed by atoms with Crippen LogP contribution in [-0.4, -0.2) is 4.83 Å². The van der Waals surface area contributed by atoms with Gasteiger partial charge in [-0.25, -0.2) is 0 Å². The first-order valence-corrected chi connectivity index (χ1v) is 5.12. The molecule has 0 saturated carbocycles. The zero-order chi connectivity index (χ0) is 9.19. The maximum absolute atomic E-state index is 5.38. The maximum Gasteiger partial charge on any atom is 0.109 e. The summed E-state index contributed by atoms with van der Waals surface area (Å²) in [5.74, 6) is 1.06. The van der Waals surface area contributed by atoms with Crippen LogP contribution in [0.1, 0.15) is 33.0 Å². The third-order valence-electron chi connectivity index (χ3n) is 1.98. The van der Waals surface area contributed by atoms with E-state index in [4.69, 9.17) is 4.42 Å². The van der Waals surface area contributed by atoms with Crippen LogP contribution in [0.4, 0.5) is 0 Å². The van der Waals surface area contributed by atoms with E-state index in [1.807, 2.05) is 12.1 Å². The summed E-state index contributed by atoms with van der Waals surface area (Å²) in [6, 6.07) is 3.98. The average molecular weight is 231 g/mol. The molecule has 0 fully saturated rings. The molecule has 0 aliphatic heterocycles. The second kappa shape index (κ2) is 3.65. The predicted molar refractivity (Wildman–Crippen MR) is 54.7 cm³/mol. The van der Waals surface area contributed by atoms with E-state index in [-0.39, 0.29) is 5.41 Å². The molecule has 1 unspecified atom stereocenters. The molecule has 12 heavy (non-hydrogen) atoms. The minimum Gasteiger partial charge on any atom is -0.469 e. The van der Waals surface area contributed by atoms with Gasteiger partial charge in [0.2, 0.25) is 0 Å². The lowest BCUT2D eigenvalue weighted by atomic mass is 9.85. The van der Waals surface area contributed by atoms with Crippen molar-refractivity contribution in [3.05, 3.63) is 24.2 Å². The first-order chi connectivity index (χ1) is 5.52. The van der Waals surface area contributed by atoms with Crippen molar-refractivity contribution in [3.63, 3.8) is 0 Å². The fourth-order valence-corrected chi connectivity index (χ4v) is 2.28. The molecule has 0 aliphatic carbocycles. The standard InChI is InChI=1S/C10H15BrO/c1-8(11)7-10(2,3)9-5-4-6-12-9/h4-6,8H,7H2,1-3H3. The first-order valence-electron chi connectivity index (χ1n) is 4.20. The van der Waals surface area contributed by atoms with Crippen molar-refractivity contribution in [2.75, 3.05) is 0 Å². The minimum absolute atomic E-state index is 0.131. The third-order valence-corrected chi connectivity index (χ3v) is 2.30. The molecule has 2 heteroatoms. The fraction of sp³-hybridized carbons (Fsp3) is 0.600. The normalized spacial score (nSPS) is 14.7. The van der Waals surface area contributed by atoms with Gasteiger partial charge >= 0.3 is 0 Å². The number of hydrogen-bond acceptors (Lipinski definition) is 1. The van der Waals surface area contributed by atoms with E-state index in [0.29, 0.717) is 4.83 Å². The zero-order valence-electron chi connectivity index (χ0n) is 7.80. The van der Waals surface area contributed by atoms with Crippen LogP contribution in [0.15, 0.2) is 22.8 Å². The molecule has 0 amide bonds. The van der Waals surface area contributed by atoms with Gasteiger partial charge in [0.25, 0.3) is 0 Å². The molecule has 1 heterocycles. The Bertz CT molecular complexity index is 224.